The quantitative estimate of drug-likeness (QED) is 0.370. The Morgan fingerprint density at radius 2 is 1.87 bits per heavy atom. The van der Waals surface area contributed by atoms with E-state index in [1.807, 2.05) is 12.1 Å². The fourth-order valence-electron chi connectivity index (χ4n) is 3.38. The summed E-state index contributed by atoms with van der Waals surface area (Å²) in [7, 11) is 0. The van der Waals surface area contributed by atoms with Gasteiger partial charge in [0.25, 0.3) is 5.91 Å². The van der Waals surface area contributed by atoms with Gasteiger partial charge in [-0.05, 0) is 61.7 Å². The van der Waals surface area contributed by atoms with Gasteiger partial charge < -0.3 is 21.1 Å². The predicted molar refractivity (Wildman–Crippen MR) is 116 cm³/mol. The Hall–Kier alpha value is -3.45. The number of rotatable bonds is 7. The van der Waals surface area contributed by atoms with Crippen LogP contribution in [0.15, 0.2) is 60.4 Å². The van der Waals surface area contributed by atoms with Crippen molar-refractivity contribution in [3.05, 3.63) is 77.4 Å². The Bertz CT molecular complexity index is 945. The number of anilines is 1. The maximum absolute atomic E-state index is 12.6. The first-order valence-corrected chi connectivity index (χ1v) is 9.97. The van der Waals surface area contributed by atoms with Crippen LogP contribution in [0.4, 0.5) is 5.69 Å². The molecule has 156 valence electrons. The van der Waals surface area contributed by atoms with Crippen molar-refractivity contribution in [1.29, 1.82) is 0 Å². The van der Waals surface area contributed by atoms with Crippen molar-refractivity contribution in [2.45, 2.75) is 25.9 Å². The lowest BCUT2D eigenvalue weighted by molar-refractivity contribution is -0.105. The van der Waals surface area contributed by atoms with Crippen LogP contribution in [-0.4, -0.2) is 35.4 Å². The molecule has 0 atom stereocenters. The Balaban J connectivity index is 1.72. The van der Waals surface area contributed by atoms with Gasteiger partial charge in [-0.3, -0.25) is 14.6 Å². The molecule has 3 rings (SSSR count). The minimum Gasteiger partial charge on any atom is -0.404 e. The van der Waals surface area contributed by atoms with Crippen LogP contribution in [-0.2, 0) is 11.4 Å². The molecule has 0 unspecified atom stereocenters. The molecule has 1 aromatic heterocycles. The van der Waals surface area contributed by atoms with Crippen molar-refractivity contribution in [1.82, 2.24) is 10.3 Å². The predicted octanol–water partition coefficient (Wildman–Crippen LogP) is 2.38. The number of aromatic nitrogens is 1. The summed E-state index contributed by atoms with van der Waals surface area (Å²) >= 11 is 0. The average Bonchev–Trinajstić information content (AvgIpc) is 2.82. The van der Waals surface area contributed by atoms with Crippen LogP contribution >= 0.6 is 0 Å². The molecule has 1 saturated heterocycles. The highest BCUT2D eigenvalue weighted by Crippen LogP contribution is 2.20. The highest BCUT2D eigenvalue weighted by Gasteiger charge is 2.13. The molecule has 4 N–H and O–H groups in total. The molecule has 0 bridgehead atoms. The third kappa shape index (κ3) is 5.33. The summed E-state index contributed by atoms with van der Waals surface area (Å²) in [5.74, 6) is -0.382. The first-order chi connectivity index (χ1) is 14.6. The Labute approximate surface area is 175 Å². The minimum absolute atomic E-state index is 0.0630. The van der Waals surface area contributed by atoms with E-state index < -0.39 is 0 Å². The number of hydrogen-bond donors (Lipinski definition) is 3. The molecular formula is C23H26N4O3. The molecule has 1 fully saturated rings. The number of benzene rings is 1. The molecule has 7 heteroatoms. The van der Waals surface area contributed by atoms with E-state index in [1.165, 1.54) is 31.5 Å². The van der Waals surface area contributed by atoms with Gasteiger partial charge in [-0.1, -0.05) is 6.07 Å². The summed E-state index contributed by atoms with van der Waals surface area (Å²) in [5, 5.41) is 11.9. The summed E-state index contributed by atoms with van der Waals surface area (Å²) in [6.07, 6.45) is 6.94. The van der Waals surface area contributed by atoms with Gasteiger partial charge in [-0.25, -0.2) is 0 Å². The number of piperidine rings is 1. The lowest BCUT2D eigenvalue weighted by Crippen LogP contribution is -2.29. The molecule has 1 aromatic carbocycles. The standard InChI is InChI=1S/C23H26N4O3/c24-14-18(22-6-4-5-19(15-28)25-22)13-20(16-29)26-23(30)17-7-9-21(10-8-17)27-11-2-1-3-12-27/h4-10,13-14,16,28H,1-3,11-12,15,24H2,(H,26,30)/b18-14+,20-13+. The van der Waals surface area contributed by atoms with Crippen molar-refractivity contribution in [3.8, 4) is 0 Å². The van der Waals surface area contributed by atoms with Gasteiger partial charge >= 0.3 is 0 Å². The second-order valence-electron chi connectivity index (χ2n) is 7.06. The third-order valence-corrected chi connectivity index (χ3v) is 4.99. The van der Waals surface area contributed by atoms with E-state index in [-0.39, 0.29) is 18.2 Å². The van der Waals surface area contributed by atoms with Crippen LogP contribution in [0.5, 0.6) is 0 Å². The molecule has 0 radical (unpaired) electrons. The van der Waals surface area contributed by atoms with Crippen LogP contribution in [0.25, 0.3) is 5.57 Å². The lowest BCUT2D eigenvalue weighted by Gasteiger charge is -2.28. The second kappa shape index (κ2) is 10.4. The molecule has 30 heavy (non-hydrogen) atoms. The SMILES string of the molecule is N/C=C(\C=C(/C=O)NC(=O)c1ccc(N2CCCCC2)cc1)c1cccc(CO)n1. The van der Waals surface area contributed by atoms with Crippen molar-refractivity contribution in [2.24, 2.45) is 5.73 Å². The Morgan fingerprint density at radius 1 is 1.13 bits per heavy atom. The number of aliphatic hydroxyl groups is 1. The monoisotopic (exact) mass is 406 g/mol. The number of aliphatic hydroxyl groups excluding tert-OH is 1. The number of carbonyl (C=O) groups is 2. The second-order valence-corrected chi connectivity index (χ2v) is 7.06. The topological polar surface area (TPSA) is 109 Å². The highest BCUT2D eigenvalue weighted by molar-refractivity contribution is 5.99. The first-order valence-electron chi connectivity index (χ1n) is 9.97. The number of nitrogens with zero attached hydrogens (tertiary/aromatic N) is 2. The molecular weight excluding hydrogens is 380 g/mol. The number of amides is 1. The average molecular weight is 406 g/mol. The van der Waals surface area contributed by atoms with Crippen LogP contribution < -0.4 is 16.0 Å². The summed E-state index contributed by atoms with van der Waals surface area (Å²) < 4.78 is 0. The van der Waals surface area contributed by atoms with Crippen molar-refractivity contribution < 1.29 is 14.7 Å². The fraction of sp³-hybridized carbons (Fsp3) is 0.261. The van der Waals surface area contributed by atoms with Gasteiger partial charge in [0.1, 0.15) is 0 Å². The molecule has 0 spiro atoms. The summed E-state index contributed by atoms with van der Waals surface area (Å²) in [6, 6.07) is 12.5. The number of pyridine rings is 1. The number of carbonyl (C=O) groups excluding carboxylic acids is 2. The zero-order chi connectivity index (χ0) is 21.3. The minimum atomic E-state index is -0.382. The molecule has 2 aromatic rings. The maximum atomic E-state index is 12.6. The normalized spacial score (nSPS) is 15.0. The van der Waals surface area contributed by atoms with Gasteiger partial charge in [-0.15, -0.1) is 0 Å². The molecule has 1 amide bonds. The number of hydrogen-bond acceptors (Lipinski definition) is 6. The van der Waals surface area contributed by atoms with E-state index in [4.69, 9.17) is 5.73 Å². The molecule has 7 nitrogen and oxygen atoms in total. The van der Waals surface area contributed by atoms with Gasteiger partial charge in [0, 0.05) is 36.1 Å². The first kappa shape index (κ1) is 21.3. The van der Waals surface area contributed by atoms with E-state index in [0.29, 0.717) is 28.8 Å². The summed E-state index contributed by atoms with van der Waals surface area (Å²) in [5.41, 5.74) is 8.73. The fourth-order valence-corrected chi connectivity index (χ4v) is 3.38. The molecule has 0 saturated carbocycles. The van der Waals surface area contributed by atoms with E-state index in [1.54, 1.807) is 30.3 Å². The molecule has 1 aliphatic heterocycles. The van der Waals surface area contributed by atoms with Crippen LogP contribution in [0, 0.1) is 0 Å². The number of nitrogens with one attached hydrogen (secondary N) is 1. The molecule has 2 heterocycles. The largest absolute Gasteiger partial charge is 0.404 e. The smallest absolute Gasteiger partial charge is 0.255 e. The van der Waals surface area contributed by atoms with Gasteiger partial charge in [0.05, 0.1) is 23.7 Å². The zero-order valence-electron chi connectivity index (χ0n) is 16.8. The Kier molecular flexibility index (Phi) is 7.34. The number of nitrogens with two attached hydrogens (primary N) is 1. The Morgan fingerprint density at radius 3 is 2.50 bits per heavy atom. The lowest BCUT2D eigenvalue weighted by atomic mass is 10.1. The zero-order valence-corrected chi connectivity index (χ0v) is 16.8. The maximum Gasteiger partial charge on any atom is 0.255 e. The van der Waals surface area contributed by atoms with Crippen molar-refractivity contribution in [3.63, 3.8) is 0 Å². The molecule has 1 aliphatic rings. The van der Waals surface area contributed by atoms with Crippen LogP contribution in [0.1, 0.15) is 41.0 Å². The van der Waals surface area contributed by atoms with Crippen molar-refractivity contribution >= 4 is 23.5 Å². The third-order valence-electron chi connectivity index (χ3n) is 4.99. The van der Waals surface area contributed by atoms with Crippen LogP contribution in [0.3, 0.4) is 0 Å². The summed E-state index contributed by atoms with van der Waals surface area (Å²) in [4.78, 5) is 30.7. The molecule has 0 aliphatic carbocycles. The summed E-state index contributed by atoms with van der Waals surface area (Å²) in [6.45, 7) is 1.85. The van der Waals surface area contributed by atoms with E-state index >= 15 is 0 Å². The number of aldehydes is 1. The van der Waals surface area contributed by atoms with Gasteiger partial charge in [0.15, 0.2) is 6.29 Å². The van der Waals surface area contributed by atoms with Crippen LogP contribution in [0.2, 0.25) is 0 Å². The van der Waals surface area contributed by atoms with E-state index in [2.05, 4.69) is 15.2 Å². The van der Waals surface area contributed by atoms with Crippen molar-refractivity contribution in [2.75, 3.05) is 18.0 Å². The van der Waals surface area contributed by atoms with Gasteiger partial charge in [0.2, 0.25) is 0 Å². The van der Waals surface area contributed by atoms with E-state index in [9.17, 15) is 14.7 Å². The highest BCUT2D eigenvalue weighted by atomic mass is 16.3. The van der Waals surface area contributed by atoms with Gasteiger partial charge in [-0.2, -0.15) is 0 Å². The number of allylic oxidation sites excluding steroid dienone is 3. The van der Waals surface area contributed by atoms with E-state index in [0.717, 1.165) is 18.8 Å².